The molecular formula is C20H15ClFN3O2S. The van der Waals surface area contributed by atoms with Crippen molar-refractivity contribution in [1.82, 2.24) is 9.38 Å². The van der Waals surface area contributed by atoms with Crippen LogP contribution in [0.15, 0.2) is 60.1 Å². The van der Waals surface area contributed by atoms with Crippen LogP contribution in [0.1, 0.15) is 6.92 Å². The van der Waals surface area contributed by atoms with Gasteiger partial charge < -0.3 is 10.1 Å². The van der Waals surface area contributed by atoms with Crippen molar-refractivity contribution >= 4 is 39.6 Å². The summed E-state index contributed by atoms with van der Waals surface area (Å²) in [5, 5.41) is 5.35. The number of thiazole rings is 1. The molecule has 142 valence electrons. The molecule has 2 heterocycles. The van der Waals surface area contributed by atoms with Gasteiger partial charge in [-0.25, -0.2) is 9.37 Å². The van der Waals surface area contributed by atoms with Crippen LogP contribution in [0.2, 0.25) is 5.02 Å². The largest absolute Gasteiger partial charge is 0.481 e. The molecule has 1 amide bonds. The molecule has 4 aromatic rings. The lowest BCUT2D eigenvalue weighted by molar-refractivity contribution is -0.122. The average Bonchev–Trinajstić information content (AvgIpc) is 3.27. The molecule has 1 N–H and O–H groups in total. The molecule has 0 bridgehead atoms. The number of amides is 1. The number of fused-ring (bicyclic) bond motifs is 1. The highest BCUT2D eigenvalue weighted by Crippen LogP contribution is 2.31. The number of ether oxygens (including phenoxy) is 1. The summed E-state index contributed by atoms with van der Waals surface area (Å²) in [6.45, 7) is 1.66. The maximum Gasteiger partial charge on any atom is 0.266 e. The fourth-order valence-electron chi connectivity index (χ4n) is 2.70. The number of hydrogen-bond acceptors (Lipinski definition) is 4. The maximum atomic E-state index is 13.3. The van der Waals surface area contributed by atoms with E-state index < -0.39 is 6.10 Å². The van der Waals surface area contributed by atoms with Crippen molar-refractivity contribution in [3.8, 4) is 17.0 Å². The molecule has 8 heteroatoms. The van der Waals surface area contributed by atoms with Crippen molar-refractivity contribution < 1.29 is 13.9 Å². The summed E-state index contributed by atoms with van der Waals surface area (Å²) >= 11 is 7.31. The topological polar surface area (TPSA) is 55.6 Å². The first-order valence-electron chi connectivity index (χ1n) is 8.46. The van der Waals surface area contributed by atoms with Gasteiger partial charge in [-0.3, -0.25) is 9.20 Å². The molecule has 4 rings (SSSR count). The Morgan fingerprint density at radius 1 is 1.21 bits per heavy atom. The van der Waals surface area contributed by atoms with Gasteiger partial charge in [0.15, 0.2) is 11.1 Å². The van der Waals surface area contributed by atoms with Gasteiger partial charge in [0.2, 0.25) is 0 Å². The molecule has 2 aromatic carbocycles. The molecule has 0 saturated heterocycles. The van der Waals surface area contributed by atoms with Crippen LogP contribution in [0.4, 0.5) is 10.2 Å². The fraction of sp³-hybridized carbons (Fsp3) is 0.100. The minimum atomic E-state index is -0.744. The van der Waals surface area contributed by atoms with E-state index >= 15 is 0 Å². The highest BCUT2D eigenvalue weighted by Gasteiger charge is 2.21. The van der Waals surface area contributed by atoms with Gasteiger partial charge in [0, 0.05) is 22.2 Å². The first-order valence-corrected chi connectivity index (χ1v) is 9.71. The zero-order chi connectivity index (χ0) is 19.7. The van der Waals surface area contributed by atoms with E-state index in [0.29, 0.717) is 27.8 Å². The van der Waals surface area contributed by atoms with E-state index in [1.54, 1.807) is 47.7 Å². The van der Waals surface area contributed by atoms with Crippen LogP contribution >= 0.6 is 22.9 Å². The van der Waals surface area contributed by atoms with Crippen molar-refractivity contribution in [3.05, 3.63) is 70.9 Å². The molecule has 0 aliphatic heterocycles. The molecule has 0 aliphatic carbocycles. The third kappa shape index (κ3) is 3.72. The molecule has 0 saturated carbocycles. The predicted octanol–water partition coefficient (Wildman–Crippen LogP) is 5.26. The minimum Gasteiger partial charge on any atom is -0.481 e. The third-order valence-corrected chi connectivity index (χ3v) is 5.13. The second-order valence-electron chi connectivity index (χ2n) is 6.07. The number of nitrogens with zero attached hydrogens (tertiary/aromatic N) is 2. The van der Waals surface area contributed by atoms with Gasteiger partial charge in [-0.05, 0) is 55.5 Å². The zero-order valence-corrected chi connectivity index (χ0v) is 16.3. The number of imidazole rings is 1. The molecule has 28 heavy (non-hydrogen) atoms. The number of carbonyl (C=O) groups is 1. The van der Waals surface area contributed by atoms with E-state index in [4.69, 9.17) is 16.3 Å². The van der Waals surface area contributed by atoms with E-state index in [9.17, 15) is 9.18 Å². The first kappa shape index (κ1) is 18.5. The summed E-state index contributed by atoms with van der Waals surface area (Å²) in [6.07, 6.45) is 1.08. The van der Waals surface area contributed by atoms with Gasteiger partial charge >= 0.3 is 0 Å². The normalized spacial score (nSPS) is 12.1. The van der Waals surface area contributed by atoms with Gasteiger partial charge in [-0.2, -0.15) is 0 Å². The standard InChI is InChI=1S/C20H15ClFN3O2S/c1-12(27-16-8-4-14(21)5-9-16)19(26)24-18-17(13-2-6-15(22)7-3-13)23-20-25(18)10-11-28-20/h2-12H,1H3,(H,24,26). The van der Waals surface area contributed by atoms with Crippen LogP contribution < -0.4 is 10.1 Å². The van der Waals surface area contributed by atoms with Crippen molar-refractivity contribution in [2.75, 3.05) is 5.32 Å². The number of aromatic nitrogens is 2. The lowest BCUT2D eigenvalue weighted by Gasteiger charge is -2.15. The van der Waals surface area contributed by atoms with Crippen LogP contribution in [0.25, 0.3) is 16.2 Å². The summed E-state index contributed by atoms with van der Waals surface area (Å²) < 4.78 is 20.8. The Labute approximate surface area is 169 Å². The molecule has 0 aliphatic rings. The second kappa shape index (κ2) is 7.61. The highest BCUT2D eigenvalue weighted by molar-refractivity contribution is 7.15. The maximum absolute atomic E-state index is 13.3. The van der Waals surface area contributed by atoms with Gasteiger partial charge in [0.1, 0.15) is 23.1 Å². The van der Waals surface area contributed by atoms with E-state index in [1.165, 1.54) is 23.5 Å². The fourth-order valence-corrected chi connectivity index (χ4v) is 3.54. The van der Waals surface area contributed by atoms with Gasteiger partial charge in [0.25, 0.3) is 5.91 Å². The van der Waals surface area contributed by atoms with Crippen LogP contribution in [0, 0.1) is 5.82 Å². The Bertz CT molecular complexity index is 1120. The lowest BCUT2D eigenvalue weighted by Crippen LogP contribution is -2.30. The molecule has 5 nitrogen and oxygen atoms in total. The van der Waals surface area contributed by atoms with E-state index in [2.05, 4.69) is 10.3 Å². The Morgan fingerprint density at radius 3 is 2.64 bits per heavy atom. The smallest absolute Gasteiger partial charge is 0.266 e. The molecule has 0 radical (unpaired) electrons. The molecule has 1 atom stereocenters. The zero-order valence-electron chi connectivity index (χ0n) is 14.7. The summed E-state index contributed by atoms with van der Waals surface area (Å²) in [4.78, 5) is 18.0. The Hall–Kier alpha value is -2.90. The minimum absolute atomic E-state index is 0.327. The SMILES string of the molecule is CC(Oc1ccc(Cl)cc1)C(=O)Nc1c(-c2ccc(F)cc2)nc2sccn12. The highest BCUT2D eigenvalue weighted by atomic mass is 35.5. The number of anilines is 1. The second-order valence-corrected chi connectivity index (χ2v) is 7.38. The summed E-state index contributed by atoms with van der Waals surface area (Å²) in [6, 6.07) is 12.8. The molecule has 0 fully saturated rings. The number of benzene rings is 2. The average molecular weight is 416 g/mol. The number of carbonyl (C=O) groups excluding carboxylic acids is 1. The Morgan fingerprint density at radius 2 is 1.93 bits per heavy atom. The van der Waals surface area contributed by atoms with Gasteiger partial charge in [-0.15, -0.1) is 11.3 Å². The van der Waals surface area contributed by atoms with Crippen molar-refractivity contribution in [2.24, 2.45) is 0 Å². The van der Waals surface area contributed by atoms with E-state index in [1.807, 2.05) is 11.6 Å². The van der Waals surface area contributed by atoms with E-state index in [-0.39, 0.29) is 11.7 Å². The van der Waals surface area contributed by atoms with Gasteiger partial charge in [-0.1, -0.05) is 11.6 Å². The summed E-state index contributed by atoms with van der Waals surface area (Å²) in [7, 11) is 0. The third-order valence-electron chi connectivity index (χ3n) is 4.12. The number of halogens is 2. The van der Waals surface area contributed by atoms with Crippen molar-refractivity contribution in [3.63, 3.8) is 0 Å². The van der Waals surface area contributed by atoms with Crippen LogP contribution in [-0.4, -0.2) is 21.4 Å². The lowest BCUT2D eigenvalue weighted by atomic mass is 10.1. The molecular weight excluding hydrogens is 401 g/mol. The molecule has 2 aromatic heterocycles. The Balaban J connectivity index is 1.60. The van der Waals surface area contributed by atoms with Crippen molar-refractivity contribution in [2.45, 2.75) is 13.0 Å². The summed E-state index contributed by atoms with van der Waals surface area (Å²) in [5.41, 5.74) is 1.28. The Kier molecular flexibility index (Phi) is 5.02. The quantitative estimate of drug-likeness (QED) is 0.483. The van der Waals surface area contributed by atoms with Crippen LogP contribution in [0.3, 0.4) is 0 Å². The summed E-state index contributed by atoms with van der Waals surface area (Å²) in [5.74, 6) is 0.394. The number of rotatable bonds is 5. The van der Waals surface area contributed by atoms with Crippen LogP contribution in [-0.2, 0) is 4.79 Å². The monoisotopic (exact) mass is 415 g/mol. The first-order chi connectivity index (χ1) is 13.5. The predicted molar refractivity (Wildman–Crippen MR) is 109 cm³/mol. The number of hydrogen-bond donors (Lipinski definition) is 1. The molecule has 1 unspecified atom stereocenters. The number of nitrogens with one attached hydrogen (secondary N) is 1. The van der Waals surface area contributed by atoms with E-state index in [0.717, 1.165) is 4.96 Å². The van der Waals surface area contributed by atoms with Crippen molar-refractivity contribution in [1.29, 1.82) is 0 Å². The van der Waals surface area contributed by atoms with Gasteiger partial charge in [0.05, 0.1) is 0 Å². The van der Waals surface area contributed by atoms with Crippen LogP contribution in [0.5, 0.6) is 5.75 Å². The molecule has 0 spiro atoms.